The first-order valence-electron chi connectivity index (χ1n) is 7.47. The van der Waals surface area contributed by atoms with E-state index in [4.69, 9.17) is 4.74 Å². The molecule has 1 saturated heterocycles. The highest BCUT2D eigenvalue weighted by Crippen LogP contribution is 2.29. The van der Waals surface area contributed by atoms with Crippen LogP contribution in [-0.4, -0.2) is 57.7 Å². The van der Waals surface area contributed by atoms with E-state index in [9.17, 15) is 26.4 Å². The molecule has 0 saturated carbocycles. The summed E-state index contributed by atoms with van der Waals surface area (Å²) in [7, 11) is -0.625. The summed E-state index contributed by atoms with van der Waals surface area (Å²) in [5.74, 6) is -1.18. The molecule has 140 valence electrons. The van der Waals surface area contributed by atoms with Crippen molar-refractivity contribution in [3.05, 3.63) is 35.4 Å². The van der Waals surface area contributed by atoms with Gasteiger partial charge in [-0.3, -0.25) is 4.79 Å². The number of carbonyl (C=O) groups excluding carboxylic acids is 1. The Balaban J connectivity index is 2.04. The highest BCUT2D eigenvalue weighted by Gasteiger charge is 2.34. The minimum absolute atomic E-state index is 0.0640. The number of carbonyl (C=O) groups is 1. The third-order valence-electron chi connectivity index (χ3n) is 3.97. The van der Waals surface area contributed by atoms with Gasteiger partial charge in [-0.1, -0.05) is 0 Å². The van der Waals surface area contributed by atoms with Crippen LogP contribution in [0.2, 0.25) is 0 Å². The number of nitrogens with one attached hydrogen (secondary N) is 1. The quantitative estimate of drug-likeness (QED) is 0.837. The van der Waals surface area contributed by atoms with Gasteiger partial charge >= 0.3 is 6.18 Å². The number of rotatable bonds is 5. The van der Waals surface area contributed by atoms with Gasteiger partial charge in [-0.15, -0.1) is 0 Å². The molecule has 1 aromatic rings. The van der Waals surface area contributed by atoms with Gasteiger partial charge in [0.1, 0.15) is 0 Å². The summed E-state index contributed by atoms with van der Waals surface area (Å²) in [5.41, 5.74) is -0.780. The number of nitrogens with zero attached hydrogens (tertiary/aromatic N) is 1. The SMILES string of the molecule is CN(C)S(=O)(=O)C[C@@H]1COC[C@@H]1NC(=O)c1ccc(C(F)(F)F)cc1. The van der Waals surface area contributed by atoms with Crippen molar-refractivity contribution in [1.29, 1.82) is 0 Å². The molecule has 1 aliphatic heterocycles. The molecule has 2 atom stereocenters. The molecule has 0 unspecified atom stereocenters. The van der Waals surface area contributed by atoms with Crippen molar-refractivity contribution in [2.24, 2.45) is 5.92 Å². The molecule has 1 heterocycles. The largest absolute Gasteiger partial charge is 0.416 e. The van der Waals surface area contributed by atoms with Crippen molar-refractivity contribution in [3.63, 3.8) is 0 Å². The van der Waals surface area contributed by atoms with Gasteiger partial charge in [0.2, 0.25) is 10.0 Å². The van der Waals surface area contributed by atoms with Gasteiger partial charge in [0.05, 0.1) is 30.6 Å². The predicted octanol–water partition coefficient (Wildman–Crippen LogP) is 1.34. The fourth-order valence-corrected chi connectivity index (χ4v) is 3.57. The highest BCUT2D eigenvalue weighted by molar-refractivity contribution is 7.89. The summed E-state index contributed by atoms with van der Waals surface area (Å²) in [6, 6.07) is 3.30. The molecule has 0 bridgehead atoms. The van der Waals surface area contributed by atoms with Gasteiger partial charge < -0.3 is 10.1 Å². The van der Waals surface area contributed by atoms with E-state index in [0.29, 0.717) is 0 Å². The summed E-state index contributed by atoms with van der Waals surface area (Å²) < 4.78 is 67.9. The first-order valence-corrected chi connectivity index (χ1v) is 9.07. The van der Waals surface area contributed by atoms with Gasteiger partial charge in [0, 0.05) is 25.6 Å². The van der Waals surface area contributed by atoms with Crippen LogP contribution in [0.1, 0.15) is 15.9 Å². The molecule has 25 heavy (non-hydrogen) atoms. The zero-order valence-corrected chi connectivity index (χ0v) is 14.5. The van der Waals surface area contributed by atoms with Crippen LogP contribution < -0.4 is 5.32 Å². The highest BCUT2D eigenvalue weighted by atomic mass is 32.2. The van der Waals surface area contributed by atoms with Crippen LogP contribution >= 0.6 is 0 Å². The Kier molecular flexibility index (Phi) is 5.75. The van der Waals surface area contributed by atoms with Gasteiger partial charge in [0.25, 0.3) is 5.91 Å². The van der Waals surface area contributed by atoms with Crippen LogP contribution in [0, 0.1) is 5.92 Å². The molecule has 0 spiro atoms. The Labute approximate surface area is 144 Å². The van der Waals surface area contributed by atoms with E-state index in [2.05, 4.69) is 5.32 Å². The minimum Gasteiger partial charge on any atom is -0.379 e. The number of sulfonamides is 1. The lowest BCUT2D eigenvalue weighted by Crippen LogP contribution is -2.43. The van der Waals surface area contributed by atoms with Gasteiger partial charge in [-0.05, 0) is 24.3 Å². The Hall–Kier alpha value is -1.65. The summed E-state index contributed by atoms with van der Waals surface area (Å²) >= 11 is 0. The number of halogens is 3. The van der Waals surface area contributed by atoms with Crippen molar-refractivity contribution in [2.45, 2.75) is 12.2 Å². The Morgan fingerprint density at radius 3 is 2.36 bits per heavy atom. The van der Waals surface area contributed by atoms with Crippen molar-refractivity contribution in [3.8, 4) is 0 Å². The first-order chi connectivity index (χ1) is 11.5. The van der Waals surface area contributed by atoms with E-state index in [1.165, 1.54) is 14.1 Å². The van der Waals surface area contributed by atoms with Gasteiger partial charge in [-0.2, -0.15) is 13.2 Å². The maximum Gasteiger partial charge on any atom is 0.416 e. The molecule has 1 aliphatic rings. The zero-order valence-electron chi connectivity index (χ0n) is 13.7. The lowest BCUT2D eigenvalue weighted by molar-refractivity contribution is -0.137. The molecular formula is C15H19F3N2O4S. The van der Waals surface area contributed by atoms with E-state index in [1.807, 2.05) is 0 Å². The van der Waals surface area contributed by atoms with Crippen molar-refractivity contribution < 1.29 is 31.1 Å². The van der Waals surface area contributed by atoms with Crippen LogP contribution in [0.3, 0.4) is 0 Å². The van der Waals surface area contributed by atoms with E-state index < -0.39 is 39.6 Å². The molecule has 1 amide bonds. The molecule has 1 aromatic carbocycles. The van der Waals surface area contributed by atoms with E-state index in [0.717, 1.165) is 28.6 Å². The fraction of sp³-hybridized carbons (Fsp3) is 0.533. The first kappa shape index (κ1) is 19.7. The molecule has 0 radical (unpaired) electrons. The normalized spacial score (nSPS) is 21.5. The third-order valence-corrected chi connectivity index (χ3v) is 5.93. The molecule has 10 heteroatoms. The second-order valence-corrected chi connectivity index (χ2v) is 8.24. The number of ether oxygens (including phenoxy) is 1. The zero-order chi connectivity index (χ0) is 18.8. The molecular weight excluding hydrogens is 361 g/mol. The number of hydrogen-bond acceptors (Lipinski definition) is 4. The fourth-order valence-electron chi connectivity index (χ4n) is 2.40. The van der Waals surface area contributed by atoms with Crippen LogP contribution in [0.15, 0.2) is 24.3 Å². The Morgan fingerprint density at radius 2 is 1.84 bits per heavy atom. The van der Waals surface area contributed by atoms with E-state index in [1.54, 1.807) is 0 Å². The van der Waals surface area contributed by atoms with Crippen molar-refractivity contribution in [2.75, 3.05) is 33.1 Å². The van der Waals surface area contributed by atoms with Crippen molar-refractivity contribution >= 4 is 15.9 Å². The second-order valence-electron chi connectivity index (χ2n) is 6.01. The van der Waals surface area contributed by atoms with E-state index in [-0.39, 0.29) is 24.5 Å². The van der Waals surface area contributed by atoms with Crippen LogP contribution in [0.4, 0.5) is 13.2 Å². The molecule has 2 rings (SSSR count). The molecule has 0 aliphatic carbocycles. The number of hydrogen-bond donors (Lipinski definition) is 1. The Bertz CT molecular complexity index is 717. The maximum atomic E-state index is 12.5. The lowest BCUT2D eigenvalue weighted by Gasteiger charge is -2.21. The summed E-state index contributed by atoms with van der Waals surface area (Å²) in [4.78, 5) is 12.2. The summed E-state index contributed by atoms with van der Waals surface area (Å²) in [6.07, 6.45) is -4.47. The molecule has 0 aromatic heterocycles. The molecule has 1 fully saturated rings. The predicted molar refractivity (Wildman–Crippen MR) is 84.5 cm³/mol. The Morgan fingerprint density at radius 1 is 1.24 bits per heavy atom. The standard InChI is InChI=1S/C15H19F3N2O4S/c1-20(2)25(22,23)9-11-7-24-8-13(11)19-14(21)10-3-5-12(6-4-10)15(16,17)18/h3-6,11,13H,7-9H2,1-2H3,(H,19,21)/t11-,13-/m0/s1. The molecule has 1 N–H and O–H groups in total. The lowest BCUT2D eigenvalue weighted by atomic mass is 10.1. The van der Waals surface area contributed by atoms with Crippen LogP contribution in [0.25, 0.3) is 0 Å². The van der Waals surface area contributed by atoms with Crippen LogP contribution in [-0.2, 0) is 20.9 Å². The van der Waals surface area contributed by atoms with E-state index >= 15 is 0 Å². The van der Waals surface area contributed by atoms with Gasteiger partial charge in [-0.25, -0.2) is 12.7 Å². The number of alkyl halides is 3. The smallest absolute Gasteiger partial charge is 0.379 e. The van der Waals surface area contributed by atoms with Gasteiger partial charge in [0.15, 0.2) is 0 Å². The number of amides is 1. The summed E-state index contributed by atoms with van der Waals surface area (Å²) in [6.45, 7) is 0.338. The maximum absolute atomic E-state index is 12.5. The van der Waals surface area contributed by atoms with Crippen LogP contribution in [0.5, 0.6) is 0 Å². The number of benzene rings is 1. The monoisotopic (exact) mass is 380 g/mol. The average molecular weight is 380 g/mol. The summed E-state index contributed by atoms with van der Waals surface area (Å²) in [5, 5.41) is 2.64. The van der Waals surface area contributed by atoms with Crippen molar-refractivity contribution in [1.82, 2.24) is 9.62 Å². The topological polar surface area (TPSA) is 75.7 Å². The average Bonchev–Trinajstić information content (AvgIpc) is 2.92. The molecule has 6 nitrogen and oxygen atoms in total. The third kappa shape index (κ3) is 4.93. The minimum atomic E-state index is -4.47. The second kappa shape index (κ2) is 7.30.